The van der Waals surface area contributed by atoms with E-state index in [0.29, 0.717) is 36.4 Å². The Morgan fingerprint density at radius 2 is 1.49 bits per heavy atom. The molecule has 0 radical (unpaired) electrons. The lowest BCUT2D eigenvalue weighted by Gasteiger charge is -2.30. The molecule has 0 bridgehead atoms. The predicted molar refractivity (Wildman–Crippen MR) is 133 cm³/mol. The van der Waals surface area contributed by atoms with Crippen molar-refractivity contribution in [1.29, 1.82) is 0 Å². The van der Waals surface area contributed by atoms with Gasteiger partial charge in [-0.2, -0.15) is 0 Å². The standard InChI is InChI=1S/C28H29F4N3O2/c1-2-37-25(36)9-5-3-4-6-14-35-15-7-8-24-28(35)34-27(19-11-13-21(30)23(32)17-19)26(33-24)18-10-12-20(29)22(31)16-18/h10-13,16-17H,2-9,14-15H2,1H3. The van der Waals surface area contributed by atoms with Crippen molar-refractivity contribution in [2.45, 2.75) is 51.9 Å². The molecule has 37 heavy (non-hydrogen) atoms. The van der Waals surface area contributed by atoms with Crippen molar-refractivity contribution in [1.82, 2.24) is 9.97 Å². The smallest absolute Gasteiger partial charge is 0.305 e. The van der Waals surface area contributed by atoms with Crippen molar-refractivity contribution in [3.8, 4) is 22.5 Å². The van der Waals surface area contributed by atoms with Crippen LogP contribution in [0, 0.1) is 23.3 Å². The molecule has 4 rings (SSSR count). The van der Waals surface area contributed by atoms with Gasteiger partial charge < -0.3 is 9.64 Å². The fourth-order valence-electron chi connectivity index (χ4n) is 4.49. The number of esters is 1. The number of anilines is 1. The Morgan fingerprint density at radius 1 is 0.865 bits per heavy atom. The van der Waals surface area contributed by atoms with E-state index in [-0.39, 0.29) is 17.4 Å². The molecule has 5 nitrogen and oxygen atoms in total. The van der Waals surface area contributed by atoms with Crippen LogP contribution in [0.25, 0.3) is 22.5 Å². The topological polar surface area (TPSA) is 55.3 Å². The summed E-state index contributed by atoms with van der Waals surface area (Å²) in [6.45, 7) is 3.67. The highest BCUT2D eigenvalue weighted by Crippen LogP contribution is 2.35. The van der Waals surface area contributed by atoms with Crippen LogP contribution in [0.5, 0.6) is 0 Å². The van der Waals surface area contributed by atoms with Gasteiger partial charge in [0.1, 0.15) is 0 Å². The molecule has 3 aromatic rings. The molecule has 0 saturated carbocycles. The number of nitrogens with zero attached hydrogens (tertiary/aromatic N) is 3. The van der Waals surface area contributed by atoms with E-state index in [0.717, 1.165) is 75.2 Å². The van der Waals surface area contributed by atoms with Crippen LogP contribution in [-0.2, 0) is 16.0 Å². The molecular weight excluding hydrogens is 486 g/mol. The average molecular weight is 516 g/mol. The number of unbranched alkanes of at least 4 members (excludes halogenated alkanes) is 3. The average Bonchev–Trinajstić information content (AvgIpc) is 2.89. The molecule has 1 aromatic heterocycles. The number of ether oxygens (including phenoxy) is 1. The van der Waals surface area contributed by atoms with Crippen LogP contribution in [-0.4, -0.2) is 35.6 Å². The normalized spacial score (nSPS) is 12.9. The first-order valence-corrected chi connectivity index (χ1v) is 12.6. The van der Waals surface area contributed by atoms with E-state index in [1.807, 2.05) is 0 Å². The molecule has 0 unspecified atom stereocenters. The molecule has 9 heteroatoms. The first-order chi connectivity index (χ1) is 17.9. The summed E-state index contributed by atoms with van der Waals surface area (Å²) >= 11 is 0. The Labute approximate surface area is 213 Å². The lowest BCUT2D eigenvalue weighted by molar-refractivity contribution is -0.143. The Morgan fingerprint density at radius 3 is 2.11 bits per heavy atom. The molecule has 2 aromatic carbocycles. The number of benzene rings is 2. The van der Waals surface area contributed by atoms with E-state index < -0.39 is 23.3 Å². The highest BCUT2D eigenvalue weighted by molar-refractivity contribution is 5.79. The summed E-state index contributed by atoms with van der Waals surface area (Å²) in [6, 6.07) is 6.88. The third-order valence-electron chi connectivity index (χ3n) is 6.34. The summed E-state index contributed by atoms with van der Waals surface area (Å²) in [5.41, 5.74) is 1.86. The molecule has 0 fully saturated rings. The molecule has 1 aliphatic rings. The molecule has 0 amide bonds. The number of carbonyl (C=O) groups excluding carboxylic acids is 1. The van der Waals surface area contributed by atoms with Crippen LogP contribution in [0.4, 0.5) is 23.4 Å². The minimum atomic E-state index is -1.03. The van der Waals surface area contributed by atoms with E-state index in [1.165, 1.54) is 12.1 Å². The van der Waals surface area contributed by atoms with Crippen LogP contribution in [0.15, 0.2) is 36.4 Å². The van der Waals surface area contributed by atoms with Gasteiger partial charge in [-0.05, 0) is 69.0 Å². The van der Waals surface area contributed by atoms with Gasteiger partial charge in [0.05, 0.1) is 23.7 Å². The number of carbonyl (C=O) groups is 1. The van der Waals surface area contributed by atoms with E-state index >= 15 is 0 Å². The number of fused-ring (bicyclic) bond motifs is 1. The van der Waals surface area contributed by atoms with E-state index in [9.17, 15) is 22.4 Å². The van der Waals surface area contributed by atoms with Gasteiger partial charge in [0.15, 0.2) is 29.1 Å². The maximum Gasteiger partial charge on any atom is 0.305 e. The SMILES string of the molecule is CCOC(=O)CCCCCCN1CCCc2nc(-c3ccc(F)c(F)c3)c(-c3ccc(F)c(F)c3)nc21. The van der Waals surface area contributed by atoms with Crippen molar-refractivity contribution in [3.05, 3.63) is 65.4 Å². The number of rotatable bonds is 10. The lowest BCUT2D eigenvalue weighted by Crippen LogP contribution is -2.32. The zero-order chi connectivity index (χ0) is 26.4. The van der Waals surface area contributed by atoms with Gasteiger partial charge >= 0.3 is 5.97 Å². The first kappa shape index (κ1) is 26.6. The molecule has 0 spiro atoms. The van der Waals surface area contributed by atoms with Gasteiger partial charge in [-0.1, -0.05) is 12.8 Å². The Bertz CT molecular complexity index is 1270. The van der Waals surface area contributed by atoms with Crippen LogP contribution >= 0.6 is 0 Å². The molecule has 0 aliphatic carbocycles. The second-order valence-electron chi connectivity index (χ2n) is 9.01. The van der Waals surface area contributed by atoms with Gasteiger partial charge in [0.2, 0.25) is 0 Å². The van der Waals surface area contributed by atoms with E-state index in [1.54, 1.807) is 6.92 Å². The van der Waals surface area contributed by atoms with Gasteiger partial charge in [0, 0.05) is 30.6 Å². The summed E-state index contributed by atoms with van der Waals surface area (Å²) in [4.78, 5) is 23.2. The van der Waals surface area contributed by atoms with Gasteiger partial charge in [0.25, 0.3) is 0 Å². The van der Waals surface area contributed by atoms with Crippen molar-refractivity contribution in [2.75, 3.05) is 24.6 Å². The quantitative estimate of drug-likeness (QED) is 0.172. The molecule has 0 saturated heterocycles. The summed E-state index contributed by atoms with van der Waals surface area (Å²) in [5, 5.41) is 0. The fraction of sp³-hybridized carbons (Fsp3) is 0.393. The van der Waals surface area contributed by atoms with Crippen LogP contribution in [0.3, 0.4) is 0 Å². The summed E-state index contributed by atoms with van der Waals surface area (Å²) in [6.07, 6.45) is 5.42. The zero-order valence-corrected chi connectivity index (χ0v) is 20.7. The Balaban J connectivity index is 1.59. The lowest BCUT2D eigenvalue weighted by atomic mass is 10.0. The summed E-state index contributed by atoms with van der Waals surface area (Å²) in [7, 11) is 0. The minimum absolute atomic E-state index is 0.177. The number of aryl methyl sites for hydroxylation is 1. The monoisotopic (exact) mass is 515 g/mol. The number of hydrogen-bond donors (Lipinski definition) is 0. The fourth-order valence-corrected chi connectivity index (χ4v) is 4.49. The number of aromatic nitrogens is 2. The summed E-state index contributed by atoms with van der Waals surface area (Å²) in [5.74, 6) is -3.56. The maximum atomic E-state index is 14.1. The molecule has 0 N–H and O–H groups in total. The predicted octanol–water partition coefficient (Wildman–Crippen LogP) is 6.63. The molecule has 196 valence electrons. The highest BCUT2D eigenvalue weighted by Gasteiger charge is 2.24. The maximum absolute atomic E-state index is 14.1. The van der Waals surface area contributed by atoms with Crippen LogP contribution in [0.1, 0.15) is 51.1 Å². The summed E-state index contributed by atoms with van der Waals surface area (Å²) < 4.78 is 60.4. The molecule has 0 atom stereocenters. The van der Waals surface area contributed by atoms with Gasteiger partial charge in [-0.25, -0.2) is 27.5 Å². The zero-order valence-electron chi connectivity index (χ0n) is 20.7. The molecule has 1 aliphatic heterocycles. The Kier molecular flexibility index (Phi) is 8.74. The van der Waals surface area contributed by atoms with Crippen LogP contribution in [0.2, 0.25) is 0 Å². The third kappa shape index (κ3) is 6.45. The minimum Gasteiger partial charge on any atom is -0.466 e. The van der Waals surface area contributed by atoms with E-state index in [2.05, 4.69) is 4.90 Å². The molecule has 2 heterocycles. The van der Waals surface area contributed by atoms with Crippen molar-refractivity contribution in [2.24, 2.45) is 0 Å². The van der Waals surface area contributed by atoms with Crippen LogP contribution < -0.4 is 4.90 Å². The van der Waals surface area contributed by atoms with Crippen molar-refractivity contribution >= 4 is 11.8 Å². The number of hydrogen-bond acceptors (Lipinski definition) is 5. The number of halogens is 4. The second-order valence-corrected chi connectivity index (χ2v) is 9.01. The second kappa shape index (κ2) is 12.2. The van der Waals surface area contributed by atoms with Gasteiger partial charge in [-0.15, -0.1) is 0 Å². The highest BCUT2D eigenvalue weighted by atomic mass is 19.2. The third-order valence-corrected chi connectivity index (χ3v) is 6.34. The van der Waals surface area contributed by atoms with Crippen molar-refractivity contribution < 1.29 is 27.1 Å². The largest absolute Gasteiger partial charge is 0.466 e. The van der Waals surface area contributed by atoms with Gasteiger partial charge in [-0.3, -0.25) is 4.79 Å². The first-order valence-electron chi connectivity index (χ1n) is 12.6. The van der Waals surface area contributed by atoms with E-state index in [4.69, 9.17) is 14.7 Å². The Hall–Kier alpha value is -3.49. The molecular formula is C28H29F4N3O2. The van der Waals surface area contributed by atoms with Crippen molar-refractivity contribution in [3.63, 3.8) is 0 Å².